The van der Waals surface area contributed by atoms with Crippen molar-refractivity contribution in [2.24, 2.45) is 5.92 Å². The average molecular weight is 488 g/mol. The van der Waals surface area contributed by atoms with Crippen LogP contribution in [0.1, 0.15) is 22.3 Å². The van der Waals surface area contributed by atoms with Crippen molar-refractivity contribution < 1.29 is 46.1 Å². The van der Waals surface area contributed by atoms with Gasteiger partial charge < -0.3 is 19.5 Å². The number of carboxylic acid groups (broad SMARTS) is 1. The summed E-state index contributed by atoms with van der Waals surface area (Å²) in [6, 6.07) is 6.68. The molecule has 3 heterocycles. The second kappa shape index (κ2) is 10.4. The minimum Gasteiger partial charge on any atom is -0.475 e. The summed E-state index contributed by atoms with van der Waals surface area (Å²) in [7, 11) is 0. The van der Waals surface area contributed by atoms with E-state index in [-0.39, 0.29) is 17.4 Å². The Morgan fingerprint density at radius 3 is 2.29 bits per heavy atom. The Labute approximate surface area is 191 Å². The van der Waals surface area contributed by atoms with Crippen molar-refractivity contribution in [2.75, 3.05) is 26.3 Å². The molecular weight excluding hydrogens is 467 g/mol. The highest BCUT2D eigenvalue weighted by atomic mass is 19.4. The number of hydrogen-bond donors (Lipinski definition) is 1. The first-order valence-electron chi connectivity index (χ1n) is 10.2. The molecule has 0 bridgehead atoms. The molecule has 0 aliphatic carbocycles. The molecule has 1 N–H and O–H groups in total. The molecular formula is C22H21F5N2O5. The third kappa shape index (κ3) is 6.26. The lowest BCUT2D eigenvalue weighted by atomic mass is 9.81. The van der Waals surface area contributed by atoms with Gasteiger partial charge in [0, 0.05) is 36.5 Å². The fourth-order valence-electron chi connectivity index (χ4n) is 3.77. The highest BCUT2D eigenvalue weighted by Crippen LogP contribution is 2.40. The Bertz CT molecular complexity index is 992. The van der Waals surface area contributed by atoms with Gasteiger partial charge in [-0.2, -0.15) is 13.2 Å². The molecule has 1 amide bonds. The molecule has 2 aromatic rings. The second-order valence-corrected chi connectivity index (χ2v) is 7.89. The van der Waals surface area contributed by atoms with Crippen molar-refractivity contribution in [3.63, 3.8) is 0 Å². The van der Waals surface area contributed by atoms with E-state index >= 15 is 0 Å². The van der Waals surface area contributed by atoms with Crippen LogP contribution in [0.4, 0.5) is 22.0 Å². The maximum absolute atomic E-state index is 13.4. The number of ether oxygens (including phenoxy) is 2. The van der Waals surface area contributed by atoms with Crippen LogP contribution in [-0.2, 0) is 20.9 Å². The Kier molecular flexibility index (Phi) is 7.82. The normalized spacial score (nSPS) is 18.7. The standard InChI is InChI=1S/C20H20F2N2O3.C2HF3O2/c21-17-7-15(8-18(22)9-17)19(25)24-12-20(13-24)16(3-6-27-20)11-26-10-14-1-4-23-5-2-14;3-2(4,5)1(6)7/h1-2,4-5,7-9,16H,3,6,10-13H2;(H,6,7). The first kappa shape index (κ1) is 25.5. The van der Waals surface area contributed by atoms with Crippen LogP contribution in [0, 0.1) is 17.6 Å². The summed E-state index contributed by atoms with van der Waals surface area (Å²) >= 11 is 0. The van der Waals surface area contributed by atoms with Crippen LogP contribution in [0.25, 0.3) is 0 Å². The molecule has 184 valence electrons. The molecule has 4 rings (SSSR count). The van der Waals surface area contributed by atoms with Crippen molar-refractivity contribution in [3.8, 4) is 0 Å². The fourth-order valence-corrected chi connectivity index (χ4v) is 3.77. The zero-order chi connectivity index (χ0) is 24.9. The summed E-state index contributed by atoms with van der Waals surface area (Å²) in [5.74, 6) is -4.47. The summed E-state index contributed by atoms with van der Waals surface area (Å²) in [4.78, 5) is 26.9. The van der Waals surface area contributed by atoms with Gasteiger partial charge in [-0.25, -0.2) is 13.6 Å². The van der Waals surface area contributed by atoms with Crippen LogP contribution in [0.15, 0.2) is 42.7 Å². The topological polar surface area (TPSA) is 89.0 Å². The van der Waals surface area contributed by atoms with E-state index in [1.165, 1.54) is 0 Å². The maximum Gasteiger partial charge on any atom is 0.490 e. The molecule has 34 heavy (non-hydrogen) atoms. The van der Waals surface area contributed by atoms with Gasteiger partial charge in [0.25, 0.3) is 5.91 Å². The first-order chi connectivity index (χ1) is 16.0. The molecule has 2 saturated heterocycles. The number of aliphatic carboxylic acids is 1. The molecule has 0 saturated carbocycles. The molecule has 1 aromatic heterocycles. The second-order valence-electron chi connectivity index (χ2n) is 7.89. The Balaban J connectivity index is 0.000000406. The molecule has 2 aliphatic heterocycles. The lowest BCUT2D eigenvalue weighted by molar-refractivity contribution is -0.192. The van der Waals surface area contributed by atoms with E-state index in [0.717, 1.165) is 30.2 Å². The molecule has 7 nitrogen and oxygen atoms in total. The van der Waals surface area contributed by atoms with E-state index in [1.807, 2.05) is 12.1 Å². The predicted molar refractivity (Wildman–Crippen MR) is 107 cm³/mol. The molecule has 2 fully saturated rings. The lowest BCUT2D eigenvalue weighted by Crippen LogP contribution is -2.66. The Hall–Kier alpha value is -3.12. The quantitative estimate of drug-likeness (QED) is 0.649. The molecule has 2 aliphatic rings. The molecule has 1 unspecified atom stereocenters. The van der Waals surface area contributed by atoms with Gasteiger partial charge in [0.1, 0.15) is 17.2 Å². The monoisotopic (exact) mass is 488 g/mol. The number of nitrogens with zero attached hydrogens (tertiary/aromatic N) is 2. The molecule has 1 spiro atoms. The van der Waals surface area contributed by atoms with Gasteiger partial charge in [-0.15, -0.1) is 0 Å². The number of benzene rings is 1. The van der Waals surface area contributed by atoms with Gasteiger partial charge in [0.2, 0.25) is 0 Å². The van der Waals surface area contributed by atoms with E-state index in [1.54, 1.807) is 17.3 Å². The van der Waals surface area contributed by atoms with E-state index in [4.69, 9.17) is 19.4 Å². The van der Waals surface area contributed by atoms with Gasteiger partial charge in [0.05, 0.1) is 26.3 Å². The van der Waals surface area contributed by atoms with Crippen molar-refractivity contribution in [3.05, 3.63) is 65.5 Å². The highest BCUT2D eigenvalue weighted by molar-refractivity contribution is 5.95. The lowest BCUT2D eigenvalue weighted by Gasteiger charge is -2.50. The van der Waals surface area contributed by atoms with Crippen LogP contribution in [-0.4, -0.2) is 64.9 Å². The van der Waals surface area contributed by atoms with Gasteiger partial charge in [-0.1, -0.05) is 0 Å². The summed E-state index contributed by atoms with van der Waals surface area (Å²) in [6.45, 7) is 2.49. The number of aromatic nitrogens is 1. The molecule has 12 heteroatoms. The summed E-state index contributed by atoms with van der Waals surface area (Å²) in [5.41, 5.74) is 0.655. The smallest absolute Gasteiger partial charge is 0.475 e. The minimum atomic E-state index is -5.08. The Morgan fingerprint density at radius 1 is 1.15 bits per heavy atom. The van der Waals surface area contributed by atoms with E-state index in [2.05, 4.69) is 4.98 Å². The van der Waals surface area contributed by atoms with Crippen LogP contribution in [0.5, 0.6) is 0 Å². The van der Waals surface area contributed by atoms with Gasteiger partial charge in [0.15, 0.2) is 0 Å². The minimum absolute atomic E-state index is 0.0193. The van der Waals surface area contributed by atoms with Crippen LogP contribution >= 0.6 is 0 Å². The largest absolute Gasteiger partial charge is 0.490 e. The summed E-state index contributed by atoms with van der Waals surface area (Å²) in [5, 5.41) is 7.12. The number of carbonyl (C=O) groups is 2. The molecule has 1 aromatic carbocycles. The number of likely N-dealkylation sites (tertiary alicyclic amines) is 1. The fraction of sp³-hybridized carbons (Fsp3) is 0.409. The van der Waals surface area contributed by atoms with Gasteiger partial charge in [-0.05, 0) is 36.2 Å². The van der Waals surface area contributed by atoms with Gasteiger partial charge >= 0.3 is 12.1 Å². The number of alkyl halides is 3. The number of rotatable bonds is 5. The van der Waals surface area contributed by atoms with Crippen LogP contribution in [0.3, 0.4) is 0 Å². The molecule has 1 atom stereocenters. The number of amides is 1. The number of carboxylic acids is 1. The van der Waals surface area contributed by atoms with Crippen molar-refractivity contribution in [1.29, 1.82) is 0 Å². The van der Waals surface area contributed by atoms with Crippen molar-refractivity contribution >= 4 is 11.9 Å². The first-order valence-corrected chi connectivity index (χ1v) is 10.2. The summed E-state index contributed by atoms with van der Waals surface area (Å²) < 4.78 is 70.2. The average Bonchev–Trinajstić information content (AvgIpc) is 3.16. The zero-order valence-corrected chi connectivity index (χ0v) is 17.7. The van der Waals surface area contributed by atoms with Gasteiger partial charge in [-0.3, -0.25) is 9.78 Å². The third-order valence-electron chi connectivity index (χ3n) is 5.49. The number of halogens is 5. The van der Waals surface area contributed by atoms with Crippen molar-refractivity contribution in [1.82, 2.24) is 9.88 Å². The van der Waals surface area contributed by atoms with E-state index in [9.17, 15) is 26.7 Å². The number of pyridine rings is 1. The number of hydrogen-bond acceptors (Lipinski definition) is 5. The predicted octanol–water partition coefficient (Wildman–Crippen LogP) is 3.44. The maximum atomic E-state index is 13.4. The SMILES string of the molecule is O=C(O)C(F)(F)F.O=C(c1cc(F)cc(F)c1)N1CC2(C1)OCCC2COCc1ccncc1. The highest BCUT2D eigenvalue weighted by Gasteiger charge is 2.54. The van der Waals surface area contributed by atoms with Crippen molar-refractivity contribution in [2.45, 2.75) is 24.8 Å². The Morgan fingerprint density at radius 2 is 1.74 bits per heavy atom. The molecule has 0 radical (unpaired) electrons. The van der Waals surface area contributed by atoms with E-state index < -0.39 is 29.4 Å². The van der Waals surface area contributed by atoms with Crippen LogP contribution < -0.4 is 0 Å². The number of carbonyl (C=O) groups excluding carboxylic acids is 1. The van der Waals surface area contributed by atoms with Crippen LogP contribution in [0.2, 0.25) is 0 Å². The third-order valence-corrected chi connectivity index (χ3v) is 5.49. The zero-order valence-electron chi connectivity index (χ0n) is 17.7. The van der Waals surface area contributed by atoms with E-state index in [0.29, 0.717) is 32.9 Å². The summed E-state index contributed by atoms with van der Waals surface area (Å²) in [6.07, 6.45) is -0.764.